The minimum absolute atomic E-state index is 0.0245. The first kappa shape index (κ1) is 23.1. The van der Waals surface area contributed by atoms with Crippen LogP contribution >= 0.6 is 0 Å². The summed E-state index contributed by atoms with van der Waals surface area (Å²) in [5.41, 5.74) is 1.96. The predicted molar refractivity (Wildman–Crippen MR) is 109 cm³/mol. The van der Waals surface area contributed by atoms with Gasteiger partial charge in [0.2, 0.25) is 10.0 Å². The number of rotatable bonds is 7. The van der Waals surface area contributed by atoms with E-state index in [9.17, 15) is 18.3 Å². The SMILES string of the molecule is CCCCc1ccc(C2(O)CCN(S(=O)(=O)C3(C(=O)NO)CCOCC3)CC2)nc1. The Balaban J connectivity index is 1.74. The highest BCUT2D eigenvalue weighted by molar-refractivity contribution is 7.91. The van der Waals surface area contributed by atoms with Gasteiger partial charge >= 0.3 is 0 Å². The van der Waals surface area contributed by atoms with Gasteiger partial charge in [-0.25, -0.2) is 18.2 Å². The summed E-state index contributed by atoms with van der Waals surface area (Å²) in [6, 6.07) is 3.77. The molecule has 0 bridgehead atoms. The molecule has 1 amide bonds. The zero-order valence-electron chi connectivity index (χ0n) is 17.3. The van der Waals surface area contributed by atoms with Crippen molar-refractivity contribution in [1.29, 1.82) is 0 Å². The number of hydrogen-bond acceptors (Lipinski definition) is 7. The van der Waals surface area contributed by atoms with E-state index < -0.39 is 26.3 Å². The molecule has 2 fully saturated rings. The van der Waals surface area contributed by atoms with Crippen LogP contribution in [0.3, 0.4) is 0 Å². The van der Waals surface area contributed by atoms with Gasteiger partial charge in [0, 0.05) is 45.3 Å². The molecule has 3 heterocycles. The van der Waals surface area contributed by atoms with Gasteiger partial charge in [0.05, 0.1) is 5.69 Å². The van der Waals surface area contributed by atoms with Gasteiger partial charge in [-0.15, -0.1) is 0 Å². The number of unbranched alkanes of at least 4 members (excludes halogenated alkanes) is 1. The highest BCUT2D eigenvalue weighted by Gasteiger charge is 2.55. The van der Waals surface area contributed by atoms with E-state index in [-0.39, 0.29) is 52.0 Å². The van der Waals surface area contributed by atoms with E-state index in [1.54, 1.807) is 6.20 Å². The number of aromatic nitrogens is 1. The lowest BCUT2D eigenvalue weighted by Crippen LogP contribution is -2.61. The number of carbonyl (C=O) groups is 1. The first-order valence-electron chi connectivity index (χ1n) is 10.5. The van der Waals surface area contributed by atoms with Gasteiger partial charge in [0.25, 0.3) is 5.91 Å². The molecule has 0 radical (unpaired) electrons. The lowest BCUT2D eigenvalue weighted by Gasteiger charge is -2.42. The highest BCUT2D eigenvalue weighted by Crippen LogP contribution is 2.38. The average molecular weight is 442 g/mol. The van der Waals surface area contributed by atoms with Crippen LogP contribution in [0.1, 0.15) is 56.7 Å². The third kappa shape index (κ3) is 4.24. The van der Waals surface area contributed by atoms with Crippen LogP contribution in [0.15, 0.2) is 18.3 Å². The largest absolute Gasteiger partial charge is 0.383 e. The Morgan fingerprint density at radius 2 is 1.90 bits per heavy atom. The molecule has 2 aliphatic heterocycles. The Morgan fingerprint density at radius 3 is 2.43 bits per heavy atom. The summed E-state index contributed by atoms with van der Waals surface area (Å²) in [5.74, 6) is -0.934. The number of ether oxygens (including phenoxy) is 1. The van der Waals surface area contributed by atoms with Crippen LogP contribution in [0, 0.1) is 0 Å². The second kappa shape index (κ2) is 9.27. The summed E-state index contributed by atoms with van der Waals surface area (Å²) in [6.45, 7) is 2.51. The van der Waals surface area contributed by atoms with E-state index in [0.29, 0.717) is 5.69 Å². The summed E-state index contributed by atoms with van der Waals surface area (Å²) < 4.78 is 31.4. The van der Waals surface area contributed by atoms with Gasteiger partial charge in [-0.05, 0) is 37.3 Å². The van der Waals surface area contributed by atoms with Gasteiger partial charge in [0.15, 0.2) is 4.75 Å². The maximum absolute atomic E-state index is 13.4. The monoisotopic (exact) mass is 441 g/mol. The lowest BCUT2D eigenvalue weighted by molar-refractivity contribution is -0.134. The number of piperidine rings is 1. The minimum Gasteiger partial charge on any atom is -0.383 e. The Bertz CT molecular complexity index is 829. The highest BCUT2D eigenvalue weighted by atomic mass is 32.2. The fourth-order valence-electron chi connectivity index (χ4n) is 4.23. The summed E-state index contributed by atoms with van der Waals surface area (Å²) in [5, 5.41) is 20.3. The number of amides is 1. The smallest absolute Gasteiger partial charge is 0.266 e. The standard InChI is InChI=1S/C20H31N3O6S/c1-2-3-4-16-5-6-17(21-15-16)19(25)7-11-23(12-8-19)30(27,28)20(18(24)22-26)9-13-29-14-10-20/h5-6,15,25-26H,2-4,7-14H2,1H3,(H,22,24). The first-order chi connectivity index (χ1) is 14.3. The minimum atomic E-state index is -4.06. The van der Waals surface area contributed by atoms with Crippen molar-refractivity contribution in [3.05, 3.63) is 29.6 Å². The number of hydrogen-bond donors (Lipinski definition) is 3. The van der Waals surface area contributed by atoms with Crippen molar-refractivity contribution in [3.8, 4) is 0 Å². The number of hydroxylamine groups is 1. The topological polar surface area (TPSA) is 129 Å². The third-order valence-corrected chi connectivity index (χ3v) is 8.95. The van der Waals surface area contributed by atoms with Crippen molar-refractivity contribution in [2.75, 3.05) is 26.3 Å². The number of carbonyl (C=O) groups excluding carboxylic acids is 1. The lowest BCUT2D eigenvalue weighted by atomic mass is 9.88. The number of aryl methyl sites for hydroxylation is 1. The normalized spacial score (nSPS) is 21.8. The molecule has 2 saturated heterocycles. The van der Waals surface area contributed by atoms with Gasteiger partial charge < -0.3 is 9.84 Å². The molecule has 1 aromatic rings. The molecule has 3 N–H and O–H groups in total. The molecule has 1 aromatic heterocycles. The van der Waals surface area contributed by atoms with Crippen LogP contribution in [0.2, 0.25) is 0 Å². The third-order valence-electron chi connectivity index (χ3n) is 6.32. The van der Waals surface area contributed by atoms with Crippen LogP contribution in [-0.2, 0) is 31.6 Å². The quantitative estimate of drug-likeness (QED) is 0.427. The molecule has 0 unspecified atom stereocenters. The maximum Gasteiger partial charge on any atom is 0.266 e. The van der Waals surface area contributed by atoms with Crippen molar-refractivity contribution in [2.24, 2.45) is 0 Å². The number of pyridine rings is 1. The summed E-state index contributed by atoms with van der Waals surface area (Å²) in [6.07, 6.45) is 5.19. The van der Waals surface area contributed by atoms with Crippen molar-refractivity contribution in [2.45, 2.75) is 62.2 Å². The molecular formula is C20H31N3O6S. The summed E-state index contributed by atoms with van der Waals surface area (Å²) >= 11 is 0. The molecule has 2 aliphatic rings. The zero-order valence-corrected chi connectivity index (χ0v) is 18.2. The molecule has 0 aromatic carbocycles. The Labute approximate surface area is 177 Å². The molecule has 30 heavy (non-hydrogen) atoms. The van der Waals surface area contributed by atoms with E-state index in [4.69, 9.17) is 9.94 Å². The van der Waals surface area contributed by atoms with E-state index in [1.165, 1.54) is 9.79 Å². The van der Waals surface area contributed by atoms with Crippen molar-refractivity contribution in [3.63, 3.8) is 0 Å². The first-order valence-corrected chi connectivity index (χ1v) is 11.9. The Hall–Kier alpha value is -1.59. The molecule has 0 spiro atoms. The number of sulfonamides is 1. The van der Waals surface area contributed by atoms with E-state index in [1.807, 2.05) is 12.1 Å². The van der Waals surface area contributed by atoms with E-state index in [2.05, 4.69) is 11.9 Å². The fourth-order valence-corrected chi connectivity index (χ4v) is 6.35. The van der Waals surface area contributed by atoms with Crippen LogP contribution in [0.5, 0.6) is 0 Å². The van der Waals surface area contributed by atoms with Gasteiger partial charge in [-0.3, -0.25) is 15.0 Å². The zero-order chi connectivity index (χ0) is 21.8. The molecule has 9 nitrogen and oxygen atoms in total. The molecular weight excluding hydrogens is 410 g/mol. The van der Waals surface area contributed by atoms with Crippen molar-refractivity contribution in [1.82, 2.24) is 14.8 Å². The Kier molecular flexibility index (Phi) is 7.13. The average Bonchev–Trinajstić information content (AvgIpc) is 2.78. The molecule has 10 heteroatoms. The Morgan fingerprint density at radius 1 is 1.23 bits per heavy atom. The number of nitrogens with zero attached hydrogens (tertiary/aromatic N) is 2. The number of aliphatic hydroxyl groups is 1. The summed E-state index contributed by atoms with van der Waals surface area (Å²) in [4.78, 5) is 16.8. The molecule has 168 valence electrons. The van der Waals surface area contributed by atoms with Gasteiger partial charge in [0.1, 0.15) is 5.60 Å². The van der Waals surface area contributed by atoms with Crippen LogP contribution in [-0.4, -0.2) is 65.0 Å². The van der Waals surface area contributed by atoms with Crippen LogP contribution in [0.25, 0.3) is 0 Å². The van der Waals surface area contributed by atoms with Crippen molar-refractivity contribution < 1.29 is 28.3 Å². The van der Waals surface area contributed by atoms with Crippen molar-refractivity contribution >= 4 is 15.9 Å². The number of nitrogens with one attached hydrogen (secondary N) is 1. The molecule has 0 aliphatic carbocycles. The van der Waals surface area contributed by atoms with Crippen LogP contribution in [0.4, 0.5) is 0 Å². The molecule has 0 atom stereocenters. The van der Waals surface area contributed by atoms with Crippen LogP contribution < -0.4 is 5.48 Å². The maximum atomic E-state index is 13.4. The van der Waals surface area contributed by atoms with E-state index in [0.717, 1.165) is 24.8 Å². The van der Waals surface area contributed by atoms with Gasteiger partial charge in [-0.1, -0.05) is 19.4 Å². The summed E-state index contributed by atoms with van der Waals surface area (Å²) in [7, 11) is -4.06. The second-order valence-electron chi connectivity index (χ2n) is 8.14. The molecule has 3 rings (SSSR count). The second-order valence-corrected chi connectivity index (χ2v) is 10.4. The van der Waals surface area contributed by atoms with Gasteiger partial charge in [-0.2, -0.15) is 0 Å². The molecule has 0 saturated carbocycles. The van der Waals surface area contributed by atoms with E-state index >= 15 is 0 Å². The predicted octanol–water partition coefficient (Wildman–Crippen LogP) is 1.09. The fraction of sp³-hybridized carbons (Fsp3) is 0.700.